The van der Waals surface area contributed by atoms with Crippen LogP contribution in [0.4, 0.5) is 0 Å². The van der Waals surface area contributed by atoms with E-state index in [1.165, 1.54) is 0 Å². The summed E-state index contributed by atoms with van der Waals surface area (Å²) >= 11 is 0. The lowest BCUT2D eigenvalue weighted by Crippen LogP contribution is -2.22. The summed E-state index contributed by atoms with van der Waals surface area (Å²) in [5.74, 6) is -0.846. The standard InChI is InChI=1S/C16H22O8/c1-11(21-9-15(17)18)7-23-13-3-5-14(6-4-13)24-8-12(2)22-10-16(19)20/h3-6,11-12H,7-10H2,1-2H3,(H,17,18)(H,19,20)/t11-,12-/m1/s1. The average Bonchev–Trinajstić information content (AvgIpc) is 2.55. The highest BCUT2D eigenvalue weighted by atomic mass is 16.5. The van der Waals surface area contributed by atoms with Crippen LogP contribution in [0.5, 0.6) is 11.5 Å². The number of carboxylic acids is 2. The molecule has 0 unspecified atom stereocenters. The summed E-state index contributed by atoms with van der Waals surface area (Å²) in [6, 6.07) is 6.84. The van der Waals surface area contributed by atoms with E-state index in [0.717, 1.165) is 0 Å². The van der Waals surface area contributed by atoms with Crippen molar-refractivity contribution in [1.82, 2.24) is 0 Å². The number of aliphatic carboxylic acids is 2. The zero-order chi connectivity index (χ0) is 17.9. The van der Waals surface area contributed by atoms with Gasteiger partial charge in [-0.3, -0.25) is 0 Å². The topological polar surface area (TPSA) is 112 Å². The van der Waals surface area contributed by atoms with Crippen molar-refractivity contribution in [1.29, 1.82) is 0 Å². The molecule has 0 saturated heterocycles. The first-order valence-corrected chi connectivity index (χ1v) is 7.39. The normalized spacial score (nSPS) is 13.1. The van der Waals surface area contributed by atoms with Gasteiger partial charge in [0.1, 0.15) is 37.9 Å². The molecule has 8 nitrogen and oxygen atoms in total. The predicted molar refractivity (Wildman–Crippen MR) is 83.5 cm³/mol. The molecular formula is C16H22O8. The van der Waals surface area contributed by atoms with Crippen molar-refractivity contribution >= 4 is 11.9 Å². The molecule has 0 aliphatic heterocycles. The van der Waals surface area contributed by atoms with Crippen molar-refractivity contribution in [2.24, 2.45) is 0 Å². The second kappa shape index (κ2) is 10.5. The van der Waals surface area contributed by atoms with Gasteiger partial charge in [0.2, 0.25) is 0 Å². The van der Waals surface area contributed by atoms with Crippen molar-refractivity contribution < 1.29 is 38.7 Å². The molecule has 1 aromatic carbocycles. The van der Waals surface area contributed by atoms with Gasteiger partial charge in [0.05, 0.1) is 12.2 Å². The van der Waals surface area contributed by atoms with Crippen molar-refractivity contribution in [2.45, 2.75) is 26.1 Å². The molecule has 1 rings (SSSR count). The molecule has 0 aliphatic carbocycles. The van der Waals surface area contributed by atoms with Crippen LogP contribution in [0.3, 0.4) is 0 Å². The van der Waals surface area contributed by atoms with Crippen LogP contribution < -0.4 is 9.47 Å². The Hall–Kier alpha value is -2.32. The number of benzene rings is 1. The molecule has 0 heterocycles. The van der Waals surface area contributed by atoms with Gasteiger partial charge in [-0.05, 0) is 38.1 Å². The summed E-state index contributed by atoms with van der Waals surface area (Å²) in [5, 5.41) is 17.0. The van der Waals surface area contributed by atoms with Crippen LogP contribution in [0.25, 0.3) is 0 Å². The lowest BCUT2D eigenvalue weighted by molar-refractivity contribution is -0.145. The van der Waals surface area contributed by atoms with Gasteiger partial charge in [0.25, 0.3) is 0 Å². The van der Waals surface area contributed by atoms with Crippen molar-refractivity contribution in [2.75, 3.05) is 26.4 Å². The maximum Gasteiger partial charge on any atom is 0.329 e. The lowest BCUT2D eigenvalue weighted by Gasteiger charge is -2.14. The first-order chi connectivity index (χ1) is 11.4. The van der Waals surface area contributed by atoms with Crippen molar-refractivity contribution in [3.8, 4) is 11.5 Å². The highest BCUT2D eigenvalue weighted by Gasteiger charge is 2.08. The smallest absolute Gasteiger partial charge is 0.329 e. The second-order valence-corrected chi connectivity index (χ2v) is 5.12. The molecule has 24 heavy (non-hydrogen) atoms. The van der Waals surface area contributed by atoms with Crippen LogP contribution in [0, 0.1) is 0 Å². The third kappa shape index (κ3) is 8.96. The molecule has 0 aromatic heterocycles. The first kappa shape index (κ1) is 19.7. The van der Waals surface area contributed by atoms with Crippen molar-refractivity contribution in [3.05, 3.63) is 24.3 Å². The fraction of sp³-hybridized carbons (Fsp3) is 0.500. The number of hydrogen-bond donors (Lipinski definition) is 2. The molecule has 1 aromatic rings. The molecule has 8 heteroatoms. The van der Waals surface area contributed by atoms with Gasteiger partial charge in [-0.15, -0.1) is 0 Å². The monoisotopic (exact) mass is 342 g/mol. The molecule has 0 bridgehead atoms. The molecule has 0 amide bonds. The van der Waals surface area contributed by atoms with Gasteiger partial charge < -0.3 is 29.2 Å². The molecule has 134 valence electrons. The average molecular weight is 342 g/mol. The Balaban J connectivity index is 2.29. The van der Waals surface area contributed by atoms with Gasteiger partial charge >= 0.3 is 11.9 Å². The van der Waals surface area contributed by atoms with Gasteiger partial charge in [-0.1, -0.05) is 0 Å². The predicted octanol–water partition coefficient (Wildman–Crippen LogP) is 1.42. The second-order valence-electron chi connectivity index (χ2n) is 5.12. The zero-order valence-corrected chi connectivity index (χ0v) is 13.6. The largest absolute Gasteiger partial charge is 0.491 e. The Morgan fingerprint density at radius 1 is 0.833 bits per heavy atom. The number of rotatable bonds is 12. The fourth-order valence-corrected chi connectivity index (χ4v) is 1.58. The number of hydrogen-bond acceptors (Lipinski definition) is 6. The maximum absolute atomic E-state index is 10.4. The number of carboxylic acid groups (broad SMARTS) is 2. The van der Waals surface area contributed by atoms with Crippen LogP contribution >= 0.6 is 0 Å². The summed E-state index contributed by atoms with van der Waals surface area (Å²) < 4.78 is 21.1. The molecule has 0 saturated carbocycles. The van der Waals surface area contributed by atoms with Crippen LogP contribution in [0.2, 0.25) is 0 Å². The molecule has 0 spiro atoms. The van der Waals surface area contributed by atoms with E-state index in [2.05, 4.69) is 0 Å². The van der Waals surface area contributed by atoms with E-state index in [1.54, 1.807) is 38.1 Å². The summed E-state index contributed by atoms with van der Waals surface area (Å²) in [6.07, 6.45) is -0.687. The van der Waals surface area contributed by atoms with E-state index in [9.17, 15) is 9.59 Å². The SMILES string of the molecule is C[C@H](COc1ccc(OC[C@@H](C)OCC(=O)O)cc1)OCC(=O)O. The summed E-state index contributed by atoms with van der Waals surface area (Å²) in [6.45, 7) is 3.18. The van der Waals surface area contributed by atoms with E-state index in [1.807, 2.05) is 0 Å². The maximum atomic E-state index is 10.4. The quantitative estimate of drug-likeness (QED) is 0.587. The number of carbonyl (C=O) groups is 2. The Bertz CT molecular complexity index is 466. The summed E-state index contributed by atoms with van der Waals surface area (Å²) in [5.41, 5.74) is 0. The zero-order valence-electron chi connectivity index (χ0n) is 13.6. The minimum absolute atomic E-state index is 0.230. The van der Waals surface area contributed by atoms with E-state index in [4.69, 9.17) is 29.2 Å². The van der Waals surface area contributed by atoms with Gasteiger partial charge in [0.15, 0.2) is 0 Å². The summed E-state index contributed by atoms with van der Waals surface area (Å²) in [4.78, 5) is 20.8. The Labute approximate surface area is 139 Å². The number of ether oxygens (including phenoxy) is 4. The molecular weight excluding hydrogens is 320 g/mol. The minimum atomic E-state index is -1.02. The van der Waals surface area contributed by atoms with Crippen molar-refractivity contribution in [3.63, 3.8) is 0 Å². The van der Waals surface area contributed by atoms with Crippen LogP contribution in [-0.4, -0.2) is 60.8 Å². The fourth-order valence-electron chi connectivity index (χ4n) is 1.58. The Morgan fingerprint density at radius 2 is 1.17 bits per heavy atom. The highest BCUT2D eigenvalue weighted by Crippen LogP contribution is 2.18. The van der Waals surface area contributed by atoms with E-state index >= 15 is 0 Å². The first-order valence-electron chi connectivity index (χ1n) is 7.39. The Kier molecular flexibility index (Phi) is 8.59. The van der Waals surface area contributed by atoms with Crippen LogP contribution in [0.1, 0.15) is 13.8 Å². The van der Waals surface area contributed by atoms with Gasteiger partial charge in [-0.2, -0.15) is 0 Å². The molecule has 0 aliphatic rings. The van der Waals surface area contributed by atoms with E-state index in [0.29, 0.717) is 11.5 Å². The molecule has 2 atom stereocenters. The van der Waals surface area contributed by atoms with E-state index < -0.39 is 11.9 Å². The van der Waals surface area contributed by atoms with E-state index in [-0.39, 0.29) is 38.6 Å². The third-order valence-electron chi connectivity index (χ3n) is 2.78. The van der Waals surface area contributed by atoms with Gasteiger partial charge in [0, 0.05) is 0 Å². The molecule has 0 radical (unpaired) electrons. The molecule has 0 fully saturated rings. The van der Waals surface area contributed by atoms with Crippen LogP contribution in [-0.2, 0) is 19.1 Å². The van der Waals surface area contributed by atoms with Gasteiger partial charge in [-0.25, -0.2) is 9.59 Å². The molecule has 2 N–H and O–H groups in total. The minimum Gasteiger partial charge on any atom is -0.491 e. The van der Waals surface area contributed by atoms with Crippen LogP contribution in [0.15, 0.2) is 24.3 Å². The summed E-state index contributed by atoms with van der Waals surface area (Å²) in [7, 11) is 0. The highest BCUT2D eigenvalue weighted by molar-refractivity contribution is 5.68. The third-order valence-corrected chi connectivity index (χ3v) is 2.78. The Morgan fingerprint density at radius 3 is 1.46 bits per heavy atom. The lowest BCUT2D eigenvalue weighted by atomic mass is 10.3.